The lowest BCUT2D eigenvalue weighted by Gasteiger charge is -2.31. The molecule has 4 rings (SSSR count). The quantitative estimate of drug-likeness (QED) is 0.0749. The number of amides is 4. The van der Waals surface area contributed by atoms with E-state index in [0.29, 0.717) is 36.5 Å². The molecule has 1 aliphatic rings. The van der Waals surface area contributed by atoms with Crippen LogP contribution in [0.1, 0.15) is 50.7 Å². The van der Waals surface area contributed by atoms with Gasteiger partial charge in [0.05, 0.1) is 7.11 Å². The lowest BCUT2D eigenvalue weighted by atomic mass is 9.93. The topological polar surface area (TPSA) is 242 Å². The Labute approximate surface area is 329 Å². The molecule has 0 bridgehead atoms. The van der Waals surface area contributed by atoms with Crippen LogP contribution in [0.25, 0.3) is 10.8 Å². The van der Waals surface area contributed by atoms with E-state index in [0.717, 1.165) is 16.3 Å². The van der Waals surface area contributed by atoms with Gasteiger partial charge in [0.2, 0.25) is 23.6 Å². The molecule has 1 unspecified atom stereocenters. The Morgan fingerprint density at radius 2 is 1.62 bits per heavy atom. The second-order valence-corrected chi connectivity index (χ2v) is 14.9. The van der Waals surface area contributed by atoms with Gasteiger partial charge in [-0.3, -0.25) is 19.2 Å². The van der Waals surface area contributed by atoms with Crippen molar-refractivity contribution in [1.29, 1.82) is 0 Å². The molecule has 56 heavy (non-hydrogen) atoms. The van der Waals surface area contributed by atoms with Crippen molar-refractivity contribution in [2.45, 2.75) is 82.1 Å². The molecule has 17 heteroatoms. The number of carbonyl (C=O) groups excluding carboxylic acids is 6. The van der Waals surface area contributed by atoms with Crippen LogP contribution in [-0.4, -0.2) is 90.4 Å². The van der Waals surface area contributed by atoms with Gasteiger partial charge in [0, 0.05) is 25.5 Å². The number of hydroxylamine groups is 1. The number of nitrogens with one attached hydrogen (secondary N) is 5. The minimum atomic E-state index is -1.54. The maximum Gasteiger partial charge on any atom is 0.349 e. The van der Waals surface area contributed by atoms with E-state index < -0.39 is 65.3 Å². The van der Waals surface area contributed by atoms with E-state index in [1.54, 1.807) is 24.3 Å². The first-order chi connectivity index (χ1) is 26.8. The normalized spacial score (nSPS) is 18.0. The maximum atomic E-state index is 14.3. The number of fused-ring (bicyclic) bond motifs is 1. The van der Waals surface area contributed by atoms with E-state index in [1.165, 1.54) is 32.7 Å². The van der Waals surface area contributed by atoms with Crippen LogP contribution in [0.4, 0.5) is 0 Å². The Kier molecular flexibility index (Phi) is 16.4. The molecule has 0 spiro atoms. The van der Waals surface area contributed by atoms with E-state index in [9.17, 15) is 28.8 Å². The highest BCUT2D eigenvalue weighted by molar-refractivity contribution is 7.99. The number of nitrogens with two attached hydrogens (primary N) is 2. The van der Waals surface area contributed by atoms with Crippen LogP contribution < -0.4 is 43.1 Å². The van der Waals surface area contributed by atoms with Crippen molar-refractivity contribution in [2.75, 3.05) is 25.2 Å². The molecule has 0 aromatic heterocycles. The van der Waals surface area contributed by atoms with Crippen molar-refractivity contribution >= 4 is 58.1 Å². The third-order valence-corrected chi connectivity index (χ3v) is 10.4. The first-order valence-corrected chi connectivity index (χ1v) is 19.5. The summed E-state index contributed by atoms with van der Waals surface area (Å²) in [6, 6.07) is 15.8. The van der Waals surface area contributed by atoms with Crippen molar-refractivity contribution < 1.29 is 43.2 Å². The Morgan fingerprint density at radius 1 is 0.946 bits per heavy atom. The lowest BCUT2D eigenvalue weighted by molar-refractivity contribution is -0.158. The standard InChI is InChI=1S/C39H51N7O9S/c1-24(47)42-30-16-19-56-23-33(46-55-37(30)51)35(49)43-31(21-25-11-14-29(53-3)15-12-25)34(48)44-32(22-26-10-13-27-8-4-5-9-28(27)20-26)36(50)45-39(2,38(52)54-41)17-6-7-18-40/h4-5,8-15,20,30-33,46H,6-7,16-19,21-23,40-41H2,1-3H3,(H,42,47)(H,43,49)(H,44,48)(H,45,50)/t30-,31-,32-,33-,39?/m0/s1. The predicted octanol–water partition coefficient (Wildman–Crippen LogP) is 1.08. The summed E-state index contributed by atoms with van der Waals surface area (Å²) >= 11 is 1.36. The zero-order valence-electron chi connectivity index (χ0n) is 31.8. The Hall–Kier alpha value is -5.23. The van der Waals surface area contributed by atoms with Gasteiger partial charge in [-0.25, -0.2) is 9.59 Å². The summed E-state index contributed by atoms with van der Waals surface area (Å²) in [5.74, 6) is 2.42. The summed E-state index contributed by atoms with van der Waals surface area (Å²) < 4.78 is 5.28. The highest BCUT2D eigenvalue weighted by Crippen LogP contribution is 2.20. The molecule has 0 aliphatic carbocycles. The summed E-state index contributed by atoms with van der Waals surface area (Å²) in [6.07, 6.45) is 1.55. The van der Waals surface area contributed by atoms with Gasteiger partial charge in [-0.15, -0.1) is 5.48 Å². The molecule has 16 nitrogen and oxygen atoms in total. The molecular formula is C39H51N7O9S. The molecule has 1 fully saturated rings. The molecule has 3 aromatic carbocycles. The summed E-state index contributed by atoms with van der Waals surface area (Å²) in [6.45, 7) is 3.15. The SMILES string of the molecule is COc1ccc(C[C@H](NC(=O)[C@@H]2CSCC[C@H](NC(C)=O)C(=O)ON2)C(=O)N[C@@H](Cc2ccc3ccccc3c2)C(=O)NC(C)(CCCCN)C(=O)ON)cc1. The van der Waals surface area contributed by atoms with E-state index in [1.807, 2.05) is 42.5 Å². The highest BCUT2D eigenvalue weighted by atomic mass is 32.2. The zero-order chi connectivity index (χ0) is 40.7. The van der Waals surface area contributed by atoms with E-state index >= 15 is 0 Å². The van der Waals surface area contributed by atoms with Crippen molar-refractivity contribution in [3.05, 3.63) is 77.9 Å². The molecule has 3 aromatic rings. The number of rotatable bonds is 17. The highest BCUT2D eigenvalue weighted by Gasteiger charge is 2.39. The first-order valence-electron chi connectivity index (χ1n) is 18.3. The monoisotopic (exact) mass is 793 g/mol. The average Bonchev–Trinajstić information content (AvgIpc) is 3.27. The minimum absolute atomic E-state index is 0.00639. The summed E-state index contributed by atoms with van der Waals surface area (Å²) in [5.41, 5.74) is 8.02. The Bertz CT molecular complexity index is 1850. The number of methoxy groups -OCH3 is 1. The fraction of sp³-hybridized carbons (Fsp3) is 0.436. The van der Waals surface area contributed by atoms with Crippen LogP contribution in [-0.2, 0) is 51.3 Å². The summed E-state index contributed by atoms with van der Waals surface area (Å²) in [7, 11) is 1.52. The van der Waals surface area contributed by atoms with Crippen LogP contribution in [0, 0.1) is 0 Å². The van der Waals surface area contributed by atoms with Crippen LogP contribution in [0.2, 0.25) is 0 Å². The van der Waals surface area contributed by atoms with Crippen LogP contribution in [0.5, 0.6) is 5.75 Å². The molecular weight excluding hydrogens is 743 g/mol. The predicted molar refractivity (Wildman–Crippen MR) is 211 cm³/mol. The number of benzene rings is 3. The van der Waals surface area contributed by atoms with Crippen molar-refractivity contribution in [1.82, 2.24) is 26.7 Å². The maximum absolute atomic E-state index is 14.3. The van der Waals surface area contributed by atoms with Crippen LogP contribution >= 0.6 is 11.8 Å². The van der Waals surface area contributed by atoms with Gasteiger partial charge in [0.15, 0.2) is 0 Å². The lowest BCUT2D eigenvalue weighted by Crippen LogP contribution is -2.61. The van der Waals surface area contributed by atoms with Gasteiger partial charge in [-0.05, 0) is 78.9 Å². The number of unbranched alkanes of at least 4 members (excludes halogenated alkanes) is 1. The molecule has 9 N–H and O–H groups in total. The van der Waals surface area contributed by atoms with Crippen molar-refractivity contribution in [3.8, 4) is 5.75 Å². The largest absolute Gasteiger partial charge is 0.497 e. The van der Waals surface area contributed by atoms with E-state index in [2.05, 4.69) is 31.6 Å². The zero-order valence-corrected chi connectivity index (χ0v) is 32.6. The number of carbonyl (C=O) groups is 6. The molecule has 0 saturated carbocycles. The fourth-order valence-corrected chi connectivity index (χ4v) is 7.17. The van der Waals surface area contributed by atoms with Crippen molar-refractivity contribution in [3.63, 3.8) is 0 Å². The number of ether oxygens (including phenoxy) is 1. The van der Waals surface area contributed by atoms with Crippen molar-refractivity contribution in [2.24, 2.45) is 11.6 Å². The third kappa shape index (κ3) is 12.7. The smallest absolute Gasteiger partial charge is 0.349 e. The number of thioether (sulfide) groups is 1. The molecule has 302 valence electrons. The average molecular weight is 794 g/mol. The van der Waals surface area contributed by atoms with Gasteiger partial charge < -0.3 is 41.4 Å². The molecule has 0 radical (unpaired) electrons. The fourth-order valence-electron chi connectivity index (χ4n) is 6.15. The summed E-state index contributed by atoms with van der Waals surface area (Å²) in [4.78, 5) is 89.3. The molecule has 1 aliphatic heterocycles. The Morgan fingerprint density at radius 3 is 2.30 bits per heavy atom. The third-order valence-electron chi connectivity index (χ3n) is 9.32. The Balaban J connectivity index is 1.63. The minimum Gasteiger partial charge on any atom is -0.497 e. The van der Waals surface area contributed by atoms with E-state index in [4.69, 9.17) is 21.2 Å². The van der Waals surface area contributed by atoms with Gasteiger partial charge in [0.1, 0.15) is 35.5 Å². The molecule has 5 atom stereocenters. The molecule has 1 saturated heterocycles. The van der Waals surface area contributed by atoms with Gasteiger partial charge in [0.25, 0.3) is 0 Å². The second kappa shape index (κ2) is 21.2. The van der Waals surface area contributed by atoms with E-state index in [-0.39, 0.29) is 31.4 Å². The van der Waals surface area contributed by atoms with Gasteiger partial charge in [-0.2, -0.15) is 17.7 Å². The number of hydrogen-bond acceptors (Lipinski definition) is 13. The first kappa shape index (κ1) is 43.5. The van der Waals surface area contributed by atoms with Crippen LogP contribution in [0.15, 0.2) is 66.7 Å². The van der Waals surface area contributed by atoms with Crippen LogP contribution in [0.3, 0.4) is 0 Å². The molecule has 4 amide bonds. The van der Waals surface area contributed by atoms with Gasteiger partial charge in [-0.1, -0.05) is 54.6 Å². The summed E-state index contributed by atoms with van der Waals surface area (Å²) in [5, 5.41) is 12.8. The molecule has 1 heterocycles. The van der Waals surface area contributed by atoms with Gasteiger partial charge >= 0.3 is 11.9 Å². The second-order valence-electron chi connectivity index (χ2n) is 13.7. The number of hydrogen-bond donors (Lipinski definition) is 7.